The molecule has 1 aliphatic heterocycles. The molecule has 1 aliphatic rings. The minimum absolute atomic E-state index is 0.00264. The van der Waals surface area contributed by atoms with Crippen LogP contribution < -0.4 is 5.32 Å². The molecule has 0 bridgehead atoms. The van der Waals surface area contributed by atoms with Gasteiger partial charge in [0.05, 0.1) is 13.2 Å². The lowest BCUT2D eigenvalue weighted by Gasteiger charge is -2.32. The molecule has 5 nitrogen and oxygen atoms in total. The summed E-state index contributed by atoms with van der Waals surface area (Å²) in [6.07, 6.45) is 2.30. The highest BCUT2D eigenvalue weighted by Crippen LogP contribution is 2.13. The number of amides is 2. The van der Waals surface area contributed by atoms with Crippen molar-refractivity contribution in [3.05, 3.63) is 0 Å². The van der Waals surface area contributed by atoms with E-state index in [1.54, 1.807) is 0 Å². The van der Waals surface area contributed by atoms with Crippen LogP contribution in [0.1, 0.15) is 47.0 Å². The van der Waals surface area contributed by atoms with Gasteiger partial charge in [-0.15, -0.1) is 0 Å². The van der Waals surface area contributed by atoms with E-state index in [9.17, 15) is 9.59 Å². The maximum absolute atomic E-state index is 12.6. The van der Waals surface area contributed by atoms with Crippen molar-refractivity contribution < 1.29 is 14.3 Å². The number of morpholine rings is 1. The average molecular weight is 298 g/mol. The molecule has 1 atom stereocenters. The maximum Gasteiger partial charge on any atom is 0.245 e. The fraction of sp³-hybridized carbons (Fsp3) is 0.875. The first kappa shape index (κ1) is 18.0. The van der Waals surface area contributed by atoms with Gasteiger partial charge in [0, 0.05) is 19.0 Å². The van der Waals surface area contributed by atoms with E-state index in [2.05, 4.69) is 19.2 Å². The third-order valence-corrected chi connectivity index (χ3v) is 4.00. The molecule has 1 fully saturated rings. The van der Waals surface area contributed by atoms with Gasteiger partial charge in [0.2, 0.25) is 11.8 Å². The Bertz CT molecular complexity index is 334. The minimum Gasteiger partial charge on any atom is -0.378 e. The molecule has 0 aromatic heterocycles. The fourth-order valence-electron chi connectivity index (χ4n) is 2.65. The van der Waals surface area contributed by atoms with Gasteiger partial charge >= 0.3 is 0 Å². The van der Waals surface area contributed by atoms with Gasteiger partial charge in [-0.1, -0.05) is 27.7 Å². The van der Waals surface area contributed by atoms with Crippen LogP contribution in [0.5, 0.6) is 0 Å². The Hall–Kier alpha value is -1.10. The lowest BCUT2D eigenvalue weighted by atomic mass is 9.99. The van der Waals surface area contributed by atoms with Crippen molar-refractivity contribution in [2.75, 3.05) is 26.3 Å². The predicted octanol–water partition coefficient (Wildman–Crippen LogP) is 1.81. The highest BCUT2D eigenvalue weighted by molar-refractivity contribution is 5.88. The Morgan fingerprint density at radius 1 is 1.14 bits per heavy atom. The van der Waals surface area contributed by atoms with Gasteiger partial charge in [0.15, 0.2) is 0 Å². The summed E-state index contributed by atoms with van der Waals surface area (Å²) in [6, 6.07) is -0.406. The number of carbonyl (C=O) groups excluding carboxylic acids is 2. The second-order valence-corrected chi connectivity index (χ2v) is 6.14. The van der Waals surface area contributed by atoms with Crippen LogP contribution in [-0.4, -0.2) is 49.1 Å². The van der Waals surface area contributed by atoms with E-state index in [0.717, 1.165) is 12.8 Å². The molecule has 0 aromatic rings. The summed E-state index contributed by atoms with van der Waals surface area (Å²) in [4.78, 5) is 26.7. The predicted molar refractivity (Wildman–Crippen MR) is 82.9 cm³/mol. The van der Waals surface area contributed by atoms with Crippen LogP contribution in [0.15, 0.2) is 0 Å². The molecule has 0 unspecified atom stereocenters. The summed E-state index contributed by atoms with van der Waals surface area (Å²) in [5.41, 5.74) is 0. The van der Waals surface area contributed by atoms with Crippen molar-refractivity contribution >= 4 is 11.8 Å². The molecule has 0 radical (unpaired) electrons. The molecule has 2 amide bonds. The SMILES string of the molecule is CCC(CC)C(=O)N[C@@H](CC(C)C)C(=O)N1CCOCC1. The summed E-state index contributed by atoms with van der Waals surface area (Å²) in [5, 5.41) is 2.98. The van der Waals surface area contributed by atoms with Crippen LogP contribution in [0.4, 0.5) is 0 Å². The highest BCUT2D eigenvalue weighted by Gasteiger charge is 2.29. The van der Waals surface area contributed by atoms with Crippen molar-refractivity contribution in [2.45, 2.75) is 53.0 Å². The Kier molecular flexibility index (Phi) is 7.72. The van der Waals surface area contributed by atoms with E-state index in [-0.39, 0.29) is 17.7 Å². The van der Waals surface area contributed by atoms with Crippen molar-refractivity contribution in [2.24, 2.45) is 11.8 Å². The minimum atomic E-state index is -0.406. The molecule has 1 rings (SSSR count). The first-order valence-electron chi connectivity index (χ1n) is 8.16. The highest BCUT2D eigenvalue weighted by atomic mass is 16.5. The number of hydrogen-bond acceptors (Lipinski definition) is 3. The van der Waals surface area contributed by atoms with Crippen LogP contribution >= 0.6 is 0 Å². The van der Waals surface area contributed by atoms with Crippen LogP contribution in [0.3, 0.4) is 0 Å². The first-order chi connectivity index (χ1) is 9.99. The van der Waals surface area contributed by atoms with E-state index in [1.165, 1.54) is 0 Å². The molecule has 1 saturated heterocycles. The number of nitrogens with one attached hydrogen (secondary N) is 1. The molecule has 0 aromatic carbocycles. The number of nitrogens with zero attached hydrogens (tertiary/aromatic N) is 1. The molecule has 0 saturated carbocycles. The monoisotopic (exact) mass is 298 g/mol. The fourth-order valence-corrected chi connectivity index (χ4v) is 2.65. The van der Waals surface area contributed by atoms with Crippen molar-refractivity contribution in [3.8, 4) is 0 Å². The molecule has 0 aliphatic carbocycles. The molecule has 122 valence electrons. The van der Waals surface area contributed by atoms with Gasteiger partial charge < -0.3 is 15.0 Å². The lowest BCUT2D eigenvalue weighted by Crippen LogP contribution is -2.53. The van der Waals surface area contributed by atoms with Crippen LogP contribution in [0, 0.1) is 11.8 Å². The van der Waals surface area contributed by atoms with Gasteiger partial charge in [-0.25, -0.2) is 0 Å². The summed E-state index contributed by atoms with van der Waals surface area (Å²) >= 11 is 0. The average Bonchev–Trinajstić information content (AvgIpc) is 2.47. The van der Waals surface area contributed by atoms with E-state index in [4.69, 9.17) is 4.74 Å². The lowest BCUT2D eigenvalue weighted by molar-refractivity contribution is -0.141. The van der Waals surface area contributed by atoms with Gasteiger partial charge in [-0.2, -0.15) is 0 Å². The number of carbonyl (C=O) groups is 2. The standard InChI is InChI=1S/C16H30N2O3/c1-5-13(6-2)15(19)17-14(11-12(3)4)16(20)18-7-9-21-10-8-18/h12-14H,5-11H2,1-4H3,(H,17,19)/t14-/m0/s1. The van der Waals surface area contributed by atoms with E-state index >= 15 is 0 Å². The largest absolute Gasteiger partial charge is 0.378 e. The zero-order valence-corrected chi connectivity index (χ0v) is 13.9. The van der Waals surface area contributed by atoms with Gasteiger partial charge in [-0.3, -0.25) is 9.59 Å². The van der Waals surface area contributed by atoms with Crippen LogP contribution in [0.25, 0.3) is 0 Å². The topological polar surface area (TPSA) is 58.6 Å². The third-order valence-electron chi connectivity index (χ3n) is 4.00. The molecule has 5 heteroatoms. The molecule has 1 heterocycles. The second-order valence-electron chi connectivity index (χ2n) is 6.14. The van der Waals surface area contributed by atoms with Crippen LogP contribution in [-0.2, 0) is 14.3 Å². The molecular formula is C16H30N2O3. The van der Waals surface area contributed by atoms with Crippen LogP contribution in [0.2, 0.25) is 0 Å². The zero-order valence-electron chi connectivity index (χ0n) is 13.9. The number of hydrogen-bond donors (Lipinski definition) is 1. The Balaban J connectivity index is 2.69. The summed E-state index contributed by atoms with van der Waals surface area (Å²) in [5.74, 6) is 0.401. The number of ether oxygens (including phenoxy) is 1. The number of rotatable bonds is 7. The van der Waals surface area contributed by atoms with Gasteiger partial charge in [-0.05, 0) is 25.2 Å². The second kappa shape index (κ2) is 9.03. The summed E-state index contributed by atoms with van der Waals surface area (Å²) in [6.45, 7) is 10.6. The Labute approximate surface area is 128 Å². The first-order valence-corrected chi connectivity index (χ1v) is 8.16. The Morgan fingerprint density at radius 3 is 2.19 bits per heavy atom. The van der Waals surface area contributed by atoms with Crippen molar-refractivity contribution in [3.63, 3.8) is 0 Å². The van der Waals surface area contributed by atoms with Crippen molar-refractivity contribution in [1.29, 1.82) is 0 Å². The molecule has 0 spiro atoms. The van der Waals surface area contributed by atoms with E-state index in [1.807, 2.05) is 18.7 Å². The van der Waals surface area contributed by atoms with E-state index in [0.29, 0.717) is 38.6 Å². The van der Waals surface area contributed by atoms with Crippen molar-refractivity contribution in [1.82, 2.24) is 10.2 Å². The normalized spacial score (nSPS) is 17.1. The summed E-state index contributed by atoms with van der Waals surface area (Å²) < 4.78 is 5.28. The maximum atomic E-state index is 12.6. The molecular weight excluding hydrogens is 268 g/mol. The Morgan fingerprint density at radius 2 is 1.71 bits per heavy atom. The van der Waals surface area contributed by atoms with Gasteiger partial charge in [0.25, 0.3) is 0 Å². The smallest absolute Gasteiger partial charge is 0.245 e. The quantitative estimate of drug-likeness (QED) is 0.780. The summed E-state index contributed by atoms with van der Waals surface area (Å²) in [7, 11) is 0. The van der Waals surface area contributed by atoms with Gasteiger partial charge in [0.1, 0.15) is 6.04 Å². The molecule has 1 N–H and O–H groups in total. The van der Waals surface area contributed by atoms with E-state index < -0.39 is 6.04 Å². The third kappa shape index (κ3) is 5.65. The molecule has 21 heavy (non-hydrogen) atoms. The zero-order chi connectivity index (χ0) is 15.8.